The predicted molar refractivity (Wildman–Crippen MR) is 111 cm³/mol. The number of nitrogens with zero attached hydrogens (tertiary/aromatic N) is 1. The van der Waals surface area contributed by atoms with E-state index in [1.807, 2.05) is 18.2 Å². The molecule has 5 heteroatoms. The van der Waals surface area contributed by atoms with E-state index in [9.17, 15) is 8.42 Å². The first-order chi connectivity index (χ1) is 12.8. The maximum absolute atomic E-state index is 12.4. The molecule has 146 valence electrons. The highest BCUT2D eigenvalue weighted by Gasteiger charge is 2.26. The summed E-state index contributed by atoms with van der Waals surface area (Å²) in [6, 6.07) is 12.4. The summed E-state index contributed by atoms with van der Waals surface area (Å²) in [5.74, 6) is 1.24. The lowest BCUT2D eigenvalue weighted by Crippen LogP contribution is -2.31. The van der Waals surface area contributed by atoms with Crippen molar-refractivity contribution in [1.82, 2.24) is 0 Å². The highest BCUT2D eigenvalue weighted by Crippen LogP contribution is 2.43. The fourth-order valence-electron chi connectivity index (χ4n) is 3.42. The predicted octanol–water partition coefficient (Wildman–Crippen LogP) is 4.59. The topological polar surface area (TPSA) is 46.6 Å². The molecule has 0 bridgehead atoms. The van der Waals surface area contributed by atoms with Crippen molar-refractivity contribution in [3.05, 3.63) is 58.7 Å². The maximum Gasteiger partial charge on any atom is 0.232 e. The summed E-state index contributed by atoms with van der Waals surface area (Å²) in [6.45, 7) is 4.64. The molecule has 0 aromatic heterocycles. The van der Waals surface area contributed by atoms with E-state index in [0.29, 0.717) is 23.9 Å². The summed E-state index contributed by atoms with van der Waals surface area (Å²) >= 11 is 0. The first-order valence-corrected chi connectivity index (χ1v) is 11.4. The zero-order valence-electron chi connectivity index (χ0n) is 16.7. The normalized spacial score (nSPS) is 14.2. The zero-order chi connectivity index (χ0) is 19.6. The van der Waals surface area contributed by atoms with E-state index in [1.165, 1.54) is 45.7 Å². The van der Waals surface area contributed by atoms with Crippen LogP contribution >= 0.6 is 0 Å². The number of sulfonamides is 1. The van der Waals surface area contributed by atoms with Gasteiger partial charge in [-0.3, -0.25) is 4.31 Å². The molecule has 0 atom stereocenters. The van der Waals surface area contributed by atoms with Gasteiger partial charge in [-0.05, 0) is 79.8 Å². The third kappa shape index (κ3) is 4.83. The fraction of sp³-hybridized carbons (Fsp3) is 0.455. The van der Waals surface area contributed by atoms with Gasteiger partial charge in [-0.1, -0.05) is 24.3 Å². The number of anilines is 1. The van der Waals surface area contributed by atoms with Crippen LogP contribution in [0.25, 0.3) is 0 Å². The molecule has 1 aliphatic carbocycles. The van der Waals surface area contributed by atoms with Crippen molar-refractivity contribution in [2.24, 2.45) is 0 Å². The number of methoxy groups -OCH3 is 1. The minimum absolute atomic E-state index is 0.435. The van der Waals surface area contributed by atoms with Crippen LogP contribution in [0.5, 0.6) is 5.75 Å². The molecule has 2 aromatic carbocycles. The average molecular weight is 388 g/mol. The molecule has 1 saturated carbocycles. The highest BCUT2D eigenvalue weighted by molar-refractivity contribution is 7.92. The van der Waals surface area contributed by atoms with Gasteiger partial charge in [-0.25, -0.2) is 8.42 Å². The van der Waals surface area contributed by atoms with Gasteiger partial charge >= 0.3 is 0 Å². The van der Waals surface area contributed by atoms with Gasteiger partial charge in [0.1, 0.15) is 5.75 Å². The summed E-state index contributed by atoms with van der Waals surface area (Å²) in [4.78, 5) is 0. The van der Waals surface area contributed by atoms with Crippen LogP contribution in [0, 0.1) is 13.8 Å². The molecule has 1 fully saturated rings. The number of aryl methyl sites for hydroxylation is 3. The fourth-order valence-corrected chi connectivity index (χ4v) is 4.39. The van der Waals surface area contributed by atoms with Gasteiger partial charge in [0.25, 0.3) is 0 Å². The molecule has 0 spiro atoms. The Bertz CT molecular complexity index is 917. The zero-order valence-corrected chi connectivity index (χ0v) is 17.5. The number of benzene rings is 2. The first kappa shape index (κ1) is 19.7. The summed E-state index contributed by atoms with van der Waals surface area (Å²) in [6.07, 6.45) is 5.26. The lowest BCUT2D eigenvalue weighted by Gasteiger charge is -2.25. The van der Waals surface area contributed by atoms with Crippen LogP contribution in [-0.2, 0) is 16.4 Å². The largest absolute Gasteiger partial charge is 0.495 e. The molecule has 4 nitrogen and oxygen atoms in total. The van der Waals surface area contributed by atoms with Crippen LogP contribution in [0.3, 0.4) is 0 Å². The summed E-state index contributed by atoms with van der Waals surface area (Å²) in [5.41, 5.74) is 5.65. The van der Waals surface area contributed by atoms with E-state index in [2.05, 4.69) is 32.0 Å². The second-order valence-corrected chi connectivity index (χ2v) is 9.47. The van der Waals surface area contributed by atoms with Gasteiger partial charge < -0.3 is 4.74 Å². The standard InChI is InChI=1S/C22H29NO3S/c1-16-7-8-18(14-17(16)2)6-5-13-23(27(4,24)25)21-12-11-20(19-9-10-19)15-22(21)26-3/h7-8,11-12,14-15,19H,5-6,9-10,13H2,1-4H3. The van der Waals surface area contributed by atoms with Gasteiger partial charge in [0, 0.05) is 6.54 Å². The van der Waals surface area contributed by atoms with Crippen molar-refractivity contribution in [2.45, 2.75) is 45.4 Å². The van der Waals surface area contributed by atoms with Gasteiger partial charge in [-0.15, -0.1) is 0 Å². The third-order valence-corrected chi connectivity index (χ3v) is 6.50. The Labute approximate surface area is 163 Å². The Morgan fingerprint density at radius 1 is 1.07 bits per heavy atom. The second kappa shape index (κ2) is 7.93. The molecule has 0 unspecified atom stereocenters. The SMILES string of the molecule is COc1cc(C2CC2)ccc1N(CCCc1ccc(C)c(C)c1)S(C)(=O)=O. The van der Waals surface area contributed by atoms with Crippen LogP contribution in [0.2, 0.25) is 0 Å². The number of hydrogen-bond acceptors (Lipinski definition) is 3. The van der Waals surface area contributed by atoms with Crippen molar-refractivity contribution < 1.29 is 13.2 Å². The van der Waals surface area contributed by atoms with Gasteiger partial charge in [0.15, 0.2) is 0 Å². The molecule has 0 heterocycles. The Balaban J connectivity index is 1.77. The average Bonchev–Trinajstić information content (AvgIpc) is 3.45. The van der Waals surface area contributed by atoms with E-state index in [1.54, 1.807) is 7.11 Å². The van der Waals surface area contributed by atoms with E-state index in [-0.39, 0.29) is 0 Å². The highest BCUT2D eigenvalue weighted by atomic mass is 32.2. The molecule has 0 saturated heterocycles. The molecular weight excluding hydrogens is 358 g/mol. The second-order valence-electron chi connectivity index (χ2n) is 7.56. The lowest BCUT2D eigenvalue weighted by atomic mass is 10.0. The maximum atomic E-state index is 12.4. The molecule has 0 radical (unpaired) electrons. The first-order valence-electron chi connectivity index (χ1n) is 9.51. The smallest absolute Gasteiger partial charge is 0.232 e. The van der Waals surface area contributed by atoms with Crippen LogP contribution in [-0.4, -0.2) is 28.3 Å². The molecule has 3 rings (SSSR count). The molecule has 1 aliphatic rings. The van der Waals surface area contributed by atoms with E-state index >= 15 is 0 Å². The van der Waals surface area contributed by atoms with Crippen LogP contribution in [0.4, 0.5) is 5.69 Å². The summed E-state index contributed by atoms with van der Waals surface area (Å²) in [7, 11) is -1.78. The van der Waals surface area contributed by atoms with Crippen molar-refractivity contribution in [3.8, 4) is 5.75 Å². The summed E-state index contributed by atoms with van der Waals surface area (Å²) in [5, 5.41) is 0. The number of hydrogen-bond donors (Lipinski definition) is 0. The van der Waals surface area contributed by atoms with Gasteiger partial charge in [0.05, 0.1) is 19.1 Å². The quantitative estimate of drug-likeness (QED) is 0.666. The molecule has 0 amide bonds. The molecule has 2 aromatic rings. The van der Waals surface area contributed by atoms with E-state index in [0.717, 1.165) is 12.8 Å². The Kier molecular flexibility index (Phi) is 5.80. The minimum atomic E-state index is -3.38. The van der Waals surface area contributed by atoms with Crippen LogP contribution in [0.15, 0.2) is 36.4 Å². The van der Waals surface area contributed by atoms with Crippen molar-refractivity contribution >= 4 is 15.7 Å². The lowest BCUT2D eigenvalue weighted by molar-refractivity contribution is 0.415. The molecular formula is C22H29NO3S. The van der Waals surface area contributed by atoms with Gasteiger partial charge in [-0.2, -0.15) is 0 Å². The van der Waals surface area contributed by atoms with Crippen LogP contribution in [0.1, 0.15) is 47.4 Å². The van der Waals surface area contributed by atoms with Crippen LogP contribution < -0.4 is 9.04 Å². The number of rotatable bonds is 8. The Morgan fingerprint density at radius 2 is 1.81 bits per heavy atom. The minimum Gasteiger partial charge on any atom is -0.495 e. The van der Waals surface area contributed by atoms with Crippen molar-refractivity contribution in [1.29, 1.82) is 0 Å². The number of ether oxygens (including phenoxy) is 1. The van der Waals surface area contributed by atoms with E-state index < -0.39 is 10.0 Å². The Morgan fingerprint density at radius 3 is 2.41 bits per heavy atom. The molecule has 0 aliphatic heterocycles. The monoisotopic (exact) mass is 387 g/mol. The van der Waals surface area contributed by atoms with Crippen molar-refractivity contribution in [2.75, 3.05) is 24.2 Å². The molecule has 27 heavy (non-hydrogen) atoms. The summed E-state index contributed by atoms with van der Waals surface area (Å²) < 4.78 is 31.9. The van der Waals surface area contributed by atoms with Gasteiger partial charge in [0.2, 0.25) is 10.0 Å². The Hall–Kier alpha value is -2.01. The van der Waals surface area contributed by atoms with E-state index in [4.69, 9.17) is 4.74 Å². The molecule has 0 N–H and O–H groups in total. The third-order valence-electron chi connectivity index (χ3n) is 5.32. The van der Waals surface area contributed by atoms with Crippen molar-refractivity contribution in [3.63, 3.8) is 0 Å².